The second kappa shape index (κ2) is 4.83. The number of hydrogen-bond donors (Lipinski definition) is 2. The quantitative estimate of drug-likeness (QED) is 0.539. The van der Waals surface area contributed by atoms with Gasteiger partial charge < -0.3 is 9.95 Å². The molecule has 0 aliphatic rings. The molecule has 0 unspecified atom stereocenters. The Labute approximate surface area is 108 Å². The molecule has 0 aromatic carbocycles. The smallest absolute Gasteiger partial charge is 0.259 e. The number of aromatic nitrogens is 4. The highest BCUT2D eigenvalue weighted by molar-refractivity contribution is 5.59. The number of nitrogen functional groups attached to an aromatic ring is 1. The number of nitrogens with zero attached hydrogens (tertiary/aromatic N) is 4. The zero-order chi connectivity index (χ0) is 13.1. The van der Waals surface area contributed by atoms with Gasteiger partial charge in [0, 0.05) is 24.2 Å². The average Bonchev–Trinajstić information content (AvgIpc) is 2.98. The maximum atomic E-state index is 5.25. The van der Waals surface area contributed by atoms with E-state index in [-0.39, 0.29) is 0 Å². The lowest BCUT2D eigenvalue weighted by molar-refractivity contribution is 0.432. The van der Waals surface area contributed by atoms with E-state index in [0.29, 0.717) is 17.5 Å². The van der Waals surface area contributed by atoms with E-state index in [9.17, 15) is 0 Å². The molecule has 0 radical (unpaired) electrons. The highest BCUT2D eigenvalue weighted by atomic mass is 16.5. The number of anilines is 1. The predicted octanol–water partition coefficient (Wildman–Crippen LogP) is 1.48. The third-order valence-electron chi connectivity index (χ3n) is 2.52. The first kappa shape index (κ1) is 11.3. The number of nitrogens with two attached hydrogens (primary N) is 1. The van der Waals surface area contributed by atoms with Crippen molar-refractivity contribution in [1.82, 2.24) is 20.1 Å². The van der Waals surface area contributed by atoms with Gasteiger partial charge in [-0.05, 0) is 24.3 Å². The average molecular weight is 254 g/mol. The maximum Gasteiger partial charge on any atom is 0.259 e. The van der Waals surface area contributed by atoms with Crippen LogP contribution in [0.25, 0.3) is 22.8 Å². The van der Waals surface area contributed by atoms with E-state index < -0.39 is 0 Å². The molecule has 0 aliphatic heterocycles. The molecule has 0 fully saturated rings. The summed E-state index contributed by atoms with van der Waals surface area (Å²) in [5.74, 6) is 6.73. The van der Waals surface area contributed by atoms with E-state index in [4.69, 9.17) is 10.4 Å². The van der Waals surface area contributed by atoms with Gasteiger partial charge >= 0.3 is 0 Å². The van der Waals surface area contributed by atoms with Gasteiger partial charge in [0.25, 0.3) is 5.89 Å². The Bertz CT molecular complexity index is 664. The van der Waals surface area contributed by atoms with Crippen LogP contribution in [0, 0.1) is 0 Å². The van der Waals surface area contributed by atoms with Crippen molar-refractivity contribution in [3.05, 3.63) is 42.9 Å². The van der Waals surface area contributed by atoms with Crippen molar-refractivity contribution in [1.29, 1.82) is 0 Å². The van der Waals surface area contributed by atoms with Crippen molar-refractivity contribution in [3.8, 4) is 22.8 Å². The summed E-state index contributed by atoms with van der Waals surface area (Å²) in [6, 6.07) is 7.15. The molecular weight excluding hydrogens is 244 g/mol. The first-order valence-electron chi connectivity index (χ1n) is 5.54. The fraction of sp³-hybridized carbons (Fsp3) is 0. The molecule has 19 heavy (non-hydrogen) atoms. The summed E-state index contributed by atoms with van der Waals surface area (Å²) in [4.78, 5) is 12.3. The largest absolute Gasteiger partial charge is 0.334 e. The normalized spacial score (nSPS) is 10.4. The van der Waals surface area contributed by atoms with E-state index in [1.165, 1.54) is 0 Å². The van der Waals surface area contributed by atoms with Crippen LogP contribution in [0.3, 0.4) is 0 Å². The lowest BCUT2D eigenvalue weighted by atomic mass is 10.2. The summed E-state index contributed by atoms with van der Waals surface area (Å²) in [6.07, 6.45) is 4.96. The molecule has 3 rings (SSSR count). The molecule has 3 aromatic heterocycles. The van der Waals surface area contributed by atoms with Gasteiger partial charge in [-0.3, -0.25) is 4.98 Å². The first-order valence-corrected chi connectivity index (χ1v) is 5.54. The van der Waals surface area contributed by atoms with E-state index in [2.05, 4.69) is 25.5 Å². The molecule has 94 valence electrons. The zero-order valence-corrected chi connectivity index (χ0v) is 9.82. The van der Waals surface area contributed by atoms with Gasteiger partial charge in [-0.15, -0.1) is 0 Å². The Hall–Kier alpha value is -2.80. The molecule has 0 bridgehead atoms. The van der Waals surface area contributed by atoms with Crippen molar-refractivity contribution in [2.24, 2.45) is 5.84 Å². The summed E-state index contributed by atoms with van der Waals surface area (Å²) >= 11 is 0. The maximum absolute atomic E-state index is 5.25. The lowest BCUT2D eigenvalue weighted by Crippen LogP contribution is -2.07. The van der Waals surface area contributed by atoms with Crippen LogP contribution in [0.1, 0.15) is 0 Å². The van der Waals surface area contributed by atoms with Crippen molar-refractivity contribution in [2.75, 3.05) is 5.43 Å². The fourth-order valence-electron chi connectivity index (χ4n) is 1.56. The third-order valence-corrected chi connectivity index (χ3v) is 2.52. The van der Waals surface area contributed by atoms with E-state index >= 15 is 0 Å². The minimum atomic E-state index is 0.405. The highest BCUT2D eigenvalue weighted by Crippen LogP contribution is 2.21. The molecule has 0 spiro atoms. The molecule has 7 heteroatoms. The molecule has 0 saturated carbocycles. The van der Waals surface area contributed by atoms with Crippen molar-refractivity contribution < 1.29 is 4.52 Å². The molecule has 3 N–H and O–H groups in total. The van der Waals surface area contributed by atoms with Crippen LogP contribution in [0.2, 0.25) is 0 Å². The standard InChI is InChI=1S/C12H10N6O/c13-17-10-2-1-9(7-15-10)12-16-11(18-19-12)8-3-5-14-6-4-8/h1-7H,13H2,(H,15,17). The van der Waals surface area contributed by atoms with Crippen LogP contribution in [0.4, 0.5) is 5.82 Å². The number of hydrazine groups is 1. The second-order valence-electron chi connectivity index (χ2n) is 3.74. The van der Waals surface area contributed by atoms with Crippen LogP contribution in [0.5, 0.6) is 0 Å². The second-order valence-corrected chi connectivity index (χ2v) is 3.74. The summed E-state index contributed by atoms with van der Waals surface area (Å²) in [7, 11) is 0. The molecule has 0 aliphatic carbocycles. The molecule has 7 nitrogen and oxygen atoms in total. The highest BCUT2D eigenvalue weighted by Gasteiger charge is 2.10. The molecule has 0 atom stereocenters. The van der Waals surface area contributed by atoms with Crippen LogP contribution in [0.15, 0.2) is 47.4 Å². The van der Waals surface area contributed by atoms with Crippen molar-refractivity contribution in [3.63, 3.8) is 0 Å². The van der Waals surface area contributed by atoms with Crippen LogP contribution < -0.4 is 11.3 Å². The SMILES string of the molecule is NNc1ccc(-c2nc(-c3ccncc3)no2)cn1. The number of pyridine rings is 2. The van der Waals surface area contributed by atoms with E-state index in [1.54, 1.807) is 30.7 Å². The van der Waals surface area contributed by atoms with Gasteiger partial charge in [-0.25, -0.2) is 10.8 Å². The van der Waals surface area contributed by atoms with Crippen LogP contribution in [-0.4, -0.2) is 20.1 Å². The van der Waals surface area contributed by atoms with Gasteiger partial charge in [0.2, 0.25) is 5.82 Å². The minimum Gasteiger partial charge on any atom is -0.334 e. The third kappa shape index (κ3) is 2.26. The summed E-state index contributed by atoms with van der Waals surface area (Å²) in [5, 5.41) is 3.92. The monoisotopic (exact) mass is 254 g/mol. The minimum absolute atomic E-state index is 0.405. The number of nitrogens with one attached hydrogen (secondary N) is 1. The Kier molecular flexibility index (Phi) is 2.87. The summed E-state index contributed by atoms with van der Waals surface area (Å²) in [6.45, 7) is 0. The summed E-state index contributed by atoms with van der Waals surface area (Å²) in [5.41, 5.74) is 4.03. The van der Waals surface area contributed by atoms with Gasteiger partial charge in [0.05, 0.1) is 5.56 Å². The topological polar surface area (TPSA) is 103 Å². The zero-order valence-electron chi connectivity index (χ0n) is 9.82. The first-order chi connectivity index (χ1) is 9.36. The van der Waals surface area contributed by atoms with E-state index in [0.717, 1.165) is 11.1 Å². The van der Waals surface area contributed by atoms with Gasteiger partial charge in [-0.2, -0.15) is 4.98 Å². The van der Waals surface area contributed by atoms with Gasteiger partial charge in [0.15, 0.2) is 0 Å². The molecule has 0 saturated heterocycles. The van der Waals surface area contributed by atoms with Gasteiger partial charge in [0.1, 0.15) is 5.82 Å². The van der Waals surface area contributed by atoms with Crippen LogP contribution >= 0.6 is 0 Å². The Morgan fingerprint density at radius 2 is 1.89 bits per heavy atom. The van der Waals surface area contributed by atoms with Gasteiger partial charge in [-0.1, -0.05) is 5.16 Å². The Balaban J connectivity index is 1.92. The number of rotatable bonds is 3. The molecular formula is C12H10N6O. The Morgan fingerprint density at radius 1 is 1.05 bits per heavy atom. The molecule has 0 amide bonds. The molecule has 3 heterocycles. The van der Waals surface area contributed by atoms with Crippen molar-refractivity contribution >= 4 is 5.82 Å². The summed E-state index contributed by atoms with van der Waals surface area (Å²) < 4.78 is 5.21. The Morgan fingerprint density at radius 3 is 2.58 bits per heavy atom. The van der Waals surface area contributed by atoms with Crippen LogP contribution in [-0.2, 0) is 0 Å². The predicted molar refractivity (Wildman–Crippen MR) is 68.6 cm³/mol. The number of hydrogen-bond acceptors (Lipinski definition) is 7. The fourth-order valence-corrected chi connectivity index (χ4v) is 1.56. The molecule has 3 aromatic rings. The van der Waals surface area contributed by atoms with Crippen molar-refractivity contribution in [2.45, 2.75) is 0 Å². The van der Waals surface area contributed by atoms with E-state index in [1.807, 2.05) is 12.1 Å². The lowest BCUT2D eigenvalue weighted by Gasteiger charge is -1.97.